The standard InChI is InChI=1S/C19H24ClN/c1-11-10-12(2)14(4)18(13(11)3)19(21-6)16-8-7-9-17(20)15(16)5/h7-10,19,21H,1-6H3. The third-order valence-corrected chi connectivity index (χ3v) is 5.03. The minimum atomic E-state index is 0.169. The number of benzene rings is 2. The van der Waals surface area contributed by atoms with E-state index in [2.05, 4.69) is 52.1 Å². The molecule has 2 aromatic carbocycles. The Balaban J connectivity index is 2.71. The van der Waals surface area contributed by atoms with E-state index in [0.29, 0.717) is 0 Å². The summed E-state index contributed by atoms with van der Waals surface area (Å²) in [6.07, 6.45) is 0. The maximum absolute atomic E-state index is 6.32. The summed E-state index contributed by atoms with van der Waals surface area (Å²) in [6, 6.07) is 8.59. The molecule has 1 nitrogen and oxygen atoms in total. The van der Waals surface area contributed by atoms with Gasteiger partial charge in [-0.05, 0) is 86.7 Å². The summed E-state index contributed by atoms with van der Waals surface area (Å²) in [5.41, 5.74) is 9.17. The van der Waals surface area contributed by atoms with Crippen LogP contribution >= 0.6 is 11.6 Å². The Morgan fingerprint density at radius 3 is 2.00 bits per heavy atom. The lowest BCUT2D eigenvalue weighted by Gasteiger charge is -2.26. The molecule has 0 spiro atoms. The predicted molar refractivity (Wildman–Crippen MR) is 92.5 cm³/mol. The second-order valence-corrected chi connectivity index (χ2v) is 6.26. The van der Waals surface area contributed by atoms with E-state index in [4.69, 9.17) is 11.6 Å². The van der Waals surface area contributed by atoms with E-state index in [-0.39, 0.29) is 6.04 Å². The fourth-order valence-corrected chi connectivity index (χ4v) is 3.25. The first-order valence-electron chi connectivity index (χ1n) is 7.38. The molecular weight excluding hydrogens is 278 g/mol. The van der Waals surface area contributed by atoms with Crippen LogP contribution in [0.3, 0.4) is 0 Å². The molecule has 2 rings (SSSR count). The summed E-state index contributed by atoms with van der Waals surface area (Å²) in [4.78, 5) is 0. The lowest BCUT2D eigenvalue weighted by atomic mass is 9.85. The average Bonchev–Trinajstić information content (AvgIpc) is 2.45. The second-order valence-electron chi connectivity index (χ2n) is 5.85. The summed E-state index contributed by atoms with van der Waals surface area (Å²) >= 11 is 6.32. The van der Waals surface area contributed by atoms with Gasteiger partial charge >= 0.3 is 0 Å². The van der Waals surface area contributed by atoms with Crippen LogP contribution in [-0.4, -0.2) is 7.05 Å². The van der Waals surface area contributed by atoms with Gasteiger partial charge in [0.1, 0.15) is 0 Å². The van der Waals surface area contributed by atoms with Gasteiger partial charge in [0.25, 0.3) is 0 Å². The highest BCUT2D eigenvalue weighted by Gasteiger charge is 2.21. The Kier molecular flexibility index (Phi) is 4.75. The topological polar surface area (TPSA) is 12.0 Å². The van der Waals surface area contributed by atoms with Crippen LogP contribution in [0.15, 0.2) is 24.3 Å². The van der Waals surface area contributed by atoms with Crippen LogP contribution in [0.4, 0.5) is 0 Å². The Morgan fingerprint density at radius 2 is 1.48 bits per heavy atom. The normalized spacial score (nSPS) is 12.5. The summed E-state index contributed by atoms with van der Waals surface area (Å²) < 4.78 is 0. The highest BCUT2D eigenvalue weighted by molar-refractivity contribution is 6.31. The molecule has 0 aliphatic rings. The van der Waals surface area contributed by atoms with Gasteiger partial charge in [0.05, 0.1) is 6.04 Å². The Hall–Kier alpha value is -1.31. The quantitative estimate of drug-likeness (QED) is 0.822. The minimum absolute atomic E-state index is 0.169. The van der Waals surface area contributed by atoms with Crippen molar-refractivity contribution >= 4 is 11.6 Å². The summed E-state index contributed by atoms with van der Waals surface area (Å²) in [5, 5.41) is 4.31. The van der Waals surface area contributed by atoms with Gasteiger partial charge in [0, 0.05) is 5.02 Å². The molecule has 0 saturated carbocycles. The molecule has 2 heteroatoms. The molecule has 0 radical (unpaired) electrons. The lowest BCUT2D eigenvalue weighted by Crippen LogP contribution is -2.21. The fourth-order valence-electron chi connectivity index (χ4n) is 3.07. The van der Waals surface area contributed by atoms with Gasteiger partial charge in [-0.25, -0.2) is 0 Å². The van der Waals surface area contributed by atoms with Gasteiger partial charge < -0.3 is 5.32 Å². The van der Waals surface area contributed by atoms with Crippen molar-refractivity contribution < 1.29 is 0 Å². The molecule has 112 valence electrons. The highest BCUT2D eigenvalue weighted by Crippen LogP contribution is 2.34. The van der Waals surface area contributed by atoms with Crippen molar-refractivity contribution in [2.75, 3.05) is 7.05 Å². The van der Waals surface area contributed by atoms with Crippen LogP contribution in [0, 0.1) is 34.6 Å². The van der Waals surface area contributed by atoms with Crippen molar-refractivity contribution in [1.82, 2.24) is 5.32 Å². The maximum Gasteiger partial charge on any atom is 0.0582 e. The Morgan fingerprint density at radius 1 is 0.905 bits per heavy atom. The summed E-state index contributed by atoms with van der Waals surface area (Å²) in [7, 11) is 2.02. The zero-order valence-electron chi connectivity index (χ0n) is 13.8. The summed E-state index contributed by atoms with van der Waals surface area (Å²) in [5.74, 6) is 0. The van der Waals surface area contributed by atoms with Crippen molar-refractivity contribution in [2.24, 2.45) is 0 Å². The third-order valence-electron chi connectivity index (χ3n) is 4.62. The molecule has 2 aromatic rings. The Bertz CT molecular complexity index is 648. The molecule has 0 fully saturated rings. The zero-order valence-corrected chi connectivity index (χ0v) is 14.5. The first-order valence-corrected chi connectivity index (χ1v) is 7.75. The van der Waals surface area contributed by atoms with Gasteiger partial charge in [-0.1, -0.05) is 29.8 Å². The second kappa shape index (κ2) is 6.21. The molecule has 0 heterocycles. The summed E-state index contributed by atoms with van der Waals surface area (Å²) in [6.45, 7) is 10.9. The molecule has 1 N–H and O–H groups in total. The lowest BCUT2D eigenvalue weighted by molar-refractivity contribution is 0.677. The van der Waals surface area contributed by atoms with Gasteiger partial charge in [-0.2, -0.15) is 0 Å². The van der Waals surface area contributed by atoms with Crippen LogP contribution in [-0.2, 0) is 0 Å². The Labute approximate surface area is 133 Å². The molecule has 1 unspecified atom stereocenters. The number of halogens is 1. The van der Waals surface area contributed by atoms with Gasteiger partial charge in [0.2, 0.25) is 0 Å². The van der Waals surface area contributed by atoms with Gasteiger partial charge in [-0.3, -0.25) is 0 Å². The van der Waals surface area contributed by atoms with E-state index in [9.17, 15) is 0 Å². The molecular formula is C19H24ClN. The first kappa shape index (κ1) is 16.1. The predicted octanol–water partition coefficient (Wildman–Crippen LogP) is 5.19. The molecule has 0 aliphatic carbocycles. The molecule has 0 bridgehead atoms. The van der Waals surface area contributed by atoms with Crippen molar-refractivity contribution in [3.05, 3.63) is 68.2 Å². The van der Waals surface area contributed by atoms with Crippen LogP contribution in [0.5, 0.6) is 0 Å². The molecule has 0 aromatic heterocycles. The molecule has 1 atom stereocenters. The van der Waals surface area contributed by atoms with E-state index in [1.807, 2.05) is 19.2 Å². The van der Waals surface area contributed by atoms with E-state index in [0.717, 1.165) is 10.6 Å². The van der Waals surface area contributed by atoms with E-state index in [1.165, 1.54) is 33.4 Å². The number of hydrogen-bond donors (Lipinski definition) is 1. The minimum Gasteiger partial charge on any atom is -0.309 e. The number of rotatable bonds is 3. The monoisotopic (exact) mass is 301 g/mol. The number of nitrogens with one attached hydrogen (secondary N) is 1. The van der Waals surface area contributed by atoms with E-state index < -0.39 is 0 Å². The SMILES string of the molecule is CNC(c1cccc(Cl)c1C)c1c(C)c(C)cc(C)c1C. The van der Waals surface area contributed by atoms with Crippen LogP contribution in [0.1, 0.15) is 45.0 Å². The molecule has 21 heavy (non-hydrogen) atoms. The average molecular weight is 302 g/mol. The smallest absolute Gasteiger partial charge is 0.0582 e. The zero-order chi connectivity index (χ0) is 15.7. The molecule has 0 aliphatic heterocycles. The van der Waals surface area contributed by atoms with Crippen LogP contribution in [0.25, 0.3) is 0 Å². The third kappa shape index (κ3) is 2.86. The molecule has 0 amide bonds. The van der Waals surface area contributed by atoms with E-state index >= 15 is 0 Å². The van der Waals surface area contributed by atoms with Gasteiger partial charge in [-0.15, -0.1) is 0 Å². The highest BCUT2D eigenvalue weighted by atomic mass is 35.5. The maximum atomic E-state index is 6.32. The first-order chi connectivity index (χ1) is 9.88. The van der Waals surface area contributed by atoms with Crippen molar-refractivity contribution in [3.63, 3.8) is 0 Å². The van der Waals surface area contributed by atoms with Gasteiger partial charge in [0.15, 0.2) is 0 Å². The number of aryl methyl sites for hydroxylation is 2. The largest absolute Gasteiger partial charge is 0.309 e. The van der Waals surface area contributed by atoms with E-state index in [1.54, 1.807) is 0 Å². The van der Waals surface area contributed by atoms with Crippen molar-refractivity contribution in [2.45, 2.75) is 40.7 Å². The number of hydrogen-bond acceptors (Lipinski definition) is 1. The van der Waals surface area contributed by atoms with Crippen molar-refractivity contribution in [3.8, 4) is 0 Å². The van der Waals surface area contributed by atoms with Crippen molar-refractivity contribution in [1.29, 1.82) is 0 Å². The fraction of sp³-hybridized carbons (Fsp3) is 0.368. The van der Waals surface area contributed by atoms with Crippen LogP contribution < -0.4 is 5.32 Å². The molecule has 0 saturated heterocycles. The van der Waals surface area contributed by atoms with Crippen LogP contribution in [0.2, 0.25) is 5.02 Å².